The standard InChI is InChI=1S/C13H11NO3/c1-2-12(15)14-8-10(13(16)17)7-9-5-3-4-6-11(9)14/h1,3-6,10H,7-8H2,(H,16,17). The number of hydrogen-bond acceptors (Lipinski definition) is 2. The van der Waals surface area contributed by atoms with Gasteiger partial charge in [0, 0.05) is 12.2 Å². The minimum absolute atomic E-state index is 0.134. The van der Waals surface area contributed by atoms with E-state index in [1.165, 1.54) is 4.90 Å². The van der Waals surface area contributed by atoms with Crippen LogP contribution in [-0.2, 0) is 16.0 Å². The molecular formula is C13H11NO3. The highest BCUT2D eigenvalue weighted by molar-refractivity contribution is 6.06. The van der Waals surface area contributed by atoms with Gasteiger partial charge in [-0.3, -0.25) is 9.59 Å². The molecule has 1 aliphatic rings. The number of terminal acetylenes is 1. The van der Waals surface area contributed by atoms with Crippen LogP contribution in [0.3, 0.4) is 0 Å². The summed E-state index contributed by atoms with van der Waals surface area (Å²) in [6.07, 6.45) is 5.52. The van der Waals surface area contributed by atoms with Crippen molar-refractivity contribution in [3.05, 3.63) is 29.8 Å². The molecule has 1 aliphatic heterocycles. The topological polar surface area (TPSA) is 57.6 Å². The average molecular weight is 229 g/mol. The molecule has 0 saturated carbocycles. The summed E-state index contributed by atoms with van der Waals surface area (Å²) in [5, 5.41) is 9.05. The number of benzene rings is 1. The fourth-order valence-corrected chi connectivity index (χ4v) is 2.03. The van der Waals surface area contributed by atoms with Crippen molar-refractivity contribution in [1.82, 2.24) is 0 Å². The number of hydrogen-bond donors (Lipinski definition) is 1. The maximum Gasteiger partial charge on any atom is 0.308 e. The number of rotatable bonds is 1. The molecule has 1 atom stereocenters. The maximum absolute atomic E-state index is 11.6. The molecule has 1 unspecified atom stereocenters. The Bertz CT molecular complexity index is 516. The van der Waals surface area contributed by atoms with Gasteiger partial charge >= 0.3 is 11.9 Å². The number of carboxylic acid groups (broad SMARTS) is 1. The van der Waals surface area contributed by atoms with Crippen LogP contribution < -0.4 is 4.90 Å². The van der Waals surface area contributed by atoms with Crippen molar-refractivity contribution in [1.29, 1.82) is 0 Å². The Morgan fingerprint density at radius 1 is 1.41 bits per heavy atom. The lowest BCUT2D eigenvalue weighted by molar-refractivity contribution is -0.141. The van der Waals surface area contributed by atoms with Crippen LogP contribution in [0.4, 0.5) is 5.69 Å². The third kappa shape index (κ3) is 2.00. The van der Waals surface area contributed by atoms with Gasteiger partial charge in [-0.1, -0.05) is 18.2 Å². The molecule has 1 N–H and O–H groups in total. The van der Waals surface area contributed by atoms with E-state index in [-0.39, 0.29) is 6.54 Å². The van der Waals surface area contributed by atoms with Crippen LogP contribution in [0, 0.1) is 18.3 Å². The predicted octanol–water partition coefficient (Wildman–Crippen LogP) is 0.910. The van der Waals surface area contributed by atoms with Crippen LogP contribution in [-0.4, -0.2) is 23.5 Å². The van der Waals surface area contributed by atoms with Gasteiger partial charge in [0.05, 0.1) is 5.92 Å². The molecule has 0 saturated heterocycles. The average Bonchev–Trinajstić information content (AvgIpc) is 2.36. The van der Waals surface area contributed by atoms with Crippen LogP contribution >= 0.6 is 0 Å². The van der Waals surface area contributed by atoms with Gasteiger partial charge in [-0.15, -0.1) is 6.42 Å². The summed E-state index contributed by atoms with van der Waals surface area (Å²) in [6, 6.07) is 7.22. The van der Waals surface area contributed by atoms with Crippen molar-refractivity contribution in [2.75, 3.05) is 11.4 Å². The van der Waals surface area contributed by atoms with E-state index in [9.17, 15) is 9.59 Å². The first-order valence-corrected chi connectivity index (χ1v) is 5.22. The molecule has 4 heteroatoms. The lowest BCUT2D eigenvalue weighted by Gasteiger charge is -2.31. The Kier molecular flexibility index (Phi) is 2.84. The van der Waals surface area contributed by atoms with Crippen molar-refractivity contribution in [3.63, 3.8) is 0 Å². The Morgan fingerprint density at radius 2 is 2.12 bits per heavy atom. The second kappa shape index (κ2) is 4.30. The zero-order chi connectivity index (χ0) is 12.4. The zero-order valence-electron chi connectivity index (χ0n) is 9.09. The molecule has 4 nitrogen and oxygen atoms in total. The van der Waals surface area contributed by atoms with Gasteiger partial charge in [-0.25, -0.2) is 0 Å². The van der Waals surface area contributed by atoms with E-state index in [1.807, 2.05) is 18.1 Å². The molecule has 17 heavy (non-hydrogen) atoms. The molecule has 1 aromatic carbocycles. The number of carbonyl (C=O) groups is 2. The summed E-state index contributed by atoms with van der Waals surface area (Å²) in [6.45, 7) is 0.134. The van der Waals surface area contributed by atoms with Crippen molar-refractivity contribution in [3.8, 4) is 12.3 Å². The molecule has 0 radical (unpaired) electrons. The number of anilines is 1. The fourth-order valence-electron chi connectivity index (χ4n) is 2.03. The van der Waals surface area contributed by atoms with E-state index in [0.29, 0.717) is 12.1 Å². The van der Waals surface area contributed by atoms with Crippen molar-refractivity contribution >= 4 is 17.6 Å². The number of nitrogens with zero attached hydrogens (tertiary/aromatic N) is 1. The molecule has 0 fully saturated rings. The van der Waals surface area contributed by atoms with Gasteiger partial charge in [0.2, 0.25) is 0 Å². The molecule has 1 aromatic rings. The summed E-state index contributed by atoms with van der Waals surface area (Å²) in [7, 11) is 0. The van der Waals surface area contributed by atoms with E-state index in [1.54, 1.807) is 12.1 Å². The highest BCUT2D eigenvalue weighted by atomic mass is 16.4. The van der Waals surface area contributed by atoms with Gasteiger partial charge in [0.25, 0.3) is 0 Å². The Labute approximate surface area is 98.9 Å². The van der Waals surface area contributed by atoms with E-state index in [4.69, 9.17) is 11.5 Å². The van der Waals surface area contributed by atoms with Gasteiger partial charge in [0.15, 0.2) is 0 Å². The first-order chi connectivity index (χ1) is 8.13. The molecule has 0 aliphatic carbocycles. The van der Waals surface area contributed by atoms with Crippen molar-refractivity contribution < 1.29 is 14.7 Å². The second-order valence-electron chi connectivity index (χ2n) is 3.93. The Morgan fingerprint density at radius 3 is 2.76 bits per heavy atom. The second-order valence-corrected chi connectivity index (χ2v) is 3.93. The van der Waals surface area contributed by atoms with Crippen LogP contribution in [0.15, 0.2) is 24.3 Å². The minimum Gasteiger partial charge on any atom is -0.481 e. The van der Waals surface area contributed by atoms with Crippen LogP contribution in [0.1, 0.15) is 5.56 Å². The third-order valence-electron chi connectivity index (χ3n) is 2.87. The maximum atomic E-state index is 11.6. The van der Waals surface area contributed by atoms with Gasteiger partial charge in [0.1, 0.15) is 0 Å². The van der Waals surface area contributed by atoms with Crippen molar-refractivity contribution in [2.45, 2.75) is 6.42 Å². The van der Waals surface area contributed by atoms with Crippen LogP contribution in [0.5, 0.6) is 0 Å². The van der Waals surface area contributed by atoms with E-state index in [2.05, 4.69) is 0 Å². The van der Waals surface area contributed by atoms with Crippen molar-refractivity contribution in [2.24, 2.45) is 5.92 Å². The van der Waals surface area contributed by atoms with Gasteiger partial charge in [-0.05, 0) is 24.0 Å². The number of aliphatic carboxylic acids is 1. The number of carbonyl (C=O) groups excluding carboxylic acids is 1. The summed E-state index contributed by atoms with van der Waals surface area (Å²) >= 11 is 0. The fraction of sp³-hybridized carbons (Fsp3) is 0.231. The van der Waals surface area contributed by atoms with Crippen LogP contribution in [0.25, 0.3) is 0 Å². The number of carboxylic acids is 1. The lowest BCUT2D eigenvalue weighted by atomic mass is 9.92. The smallest absolute Gasteiger partial charge is 0.308 e. The van der Waals surface area contributed by atoms with E-state index in [0.717, 1.165) is 5.56 Å². The molecule has 0 bridgehead atoms. The highest BCUT2D eigenvalue weighted by Crippen LogP contribution is 2.29. The van der Waals surface area contributed by atoms with Gasteiger partial charge < -0.3 is 10.0 Å². The molecule has 86 valence electrons. The molecule has 2 rings (SSSR count). The molecular weight excluding hydrogens is 218 g/mol. The lowest BCUT2D eigenvalue weighted by Crippen LogP contribution is -2.42. The minimum atomic E-state index is -0.908. The Hall–Kier alpha value is -2.28. The monoisotopic (exact) mass is 229 g/mol. The Balaban J connectivity index is 2.43. The normalized spacial score (nSPS) is 18.1. The number of amides is 1. The summed E-state index contributed by atoms with van der Waals surface area (Å²) < 4.78 is 0. The summed E-state index contributed by atoms with van der Waals surface area (Å²) in [5.74, 6) is 0.0290. The first kappa shape index (κ1) is 11.2. The third-order valence-corrected chi connectivity index (χ3v) is 2.87. The molecule has 1 amide bonds. The predicted molar refractivity (Wildman–Crippen MR) is 62.5 cm³/mol. The number of fused-ring (bicyclic) bond motifs is 1. The van der Waals surface area contributed by atoms with E-state index < -0.39 is 17.8 Å². The quantitative estimate of drug-likeness (QED) is 0.728. The molecule has 0 spiro atoms. The molecule has 0 aromatic heterocycles. The first-order valence-electron chi connectivity index (χ1n) is 5.22. The van der Waals surface area contributed by atoms with Gasteiger partial charge in [-0.2, -0.15) is 0 Å². The largest absolute Gasteiger partial charge is 0.481 e. The number of para-hydroxylation sites is 1. The zero-order valence-corrected chi connectivity index (χ0v) is 9.09. The SMILES string of the molecule is C#CC(=O)N1CC(C(=O)O)Cc2ccccc21. The summed E-state index contributed by atoms with van der Waals surface area (Å²) in [4.78, 5) is 24.0. The highest BCUT2D eigenvalue weighted by Gasteiger charge is 2.31. The van der Waals surface area contributed by atoms with E-state index >= 15 is 0 Å². The molecule has 1 heterocycles. The summed E-state index contributed by atoms with van der Waals surface area (Å²) in [5.41, 5.74) is 1.56. The van der Waals surface area contributed by atoms with Crippen LogP contribution in [0.2, 0.25) is 0 Å².